The summed E-state index contributed by atoms with van der Waals surface area (Å²) in [5, 5.41) is 2.59. The smallest absolute Gasteiger partial charge is 0.328 e. The number of nitrogens with one attached hydrogen (secondary N) is 1. The van der Waals surface area contributed by atoms with E-state index in [1.165, 1.54) is 22.5 Å². The number of carbonyl (C=O) groups excluding carboxylic acids is 2. The molecule has 2 saturated heterocycles. The Balaban J connectivity index is 1.78. The van der Waals surface area contributed by atoms with Crippen molar-refractivity contribution in [1.29, 1.82) is 0 Å². The van der Waals surface area contributed by atoms with Gasteiger partial charge in [-0.15, -0.1) is 0 Å². The minimum Gasteiger partial charge on any atom is -0.464 e. The highest BCUT2D eigenvalue weighted by atomic mass is 32.2. The van der Waals surface area contributed by atoms with Gasteiger partial charge in [0.25, 0.3) is 5.91 Å². The average Bonchev–Trinajstić information content (AvgIpc) is 3.00. The van der Waals surface area contributed by atoms with Crippen molar-refractivity contribution in [2.45, 2.75) is 37.1 Å². The van der Waals surface area contributed by atoms with E-state index in [9.17, 15) is 18.0 Å². The van der Waals surface area contributed by atoms with Crippen molar-refractivity contribution in [1.82, 2.24) is 9.62 Å². The maximum atomic E-state index is 12.8. The maximum Gasteiger partial charge on any atom is 0.328 e. The van der Waals surface area contributed by atoms with Gasteiger partial charge in [-0.2, -0.15) is 4.31 Å². The van der Waals surface area contributed by atoms with Crippen LogP contribution in [0.15, 0.2) is 29.2 Å². The van der Waals surface area contributed by atoms with Gasteiger partial charge in [-0.3, -0.25) is 4.79 Å². The summed E-state index contributed by atoms with van der Waals surface area (Å²) in [4.78, 5) is 23.9. The van der Waals surface area contributed by atoms with Crippen molar-refractivity contribution in [3.05, 3.63) is 29.8 Å². The summed E-state index contributed by atoms with van der Waals surface area (Å²) >= 11 is 0. The number of esters is 1. The number of rotatable bonds is 4. The van der Waals surface area contributed by atoms with Crippen LogP contribution in [-0.4, -0.2) is 50.3 Å². The Labute approximate surface area is 147 Å². The van der Waals surface area contributed by atoms with Gasteiger partial charge in [0.1, 0.15) is 6.04 Å². The summed E-state index contributed by atoms with van der Waals surface area (Å²) < 4.78 is 31.9. The van der Waals surface area contributed by atoms with E-state index in [0.29, 0.717) is 25.4 Å². The Morgan fingerprint density at radius 3 is 2.80 bits per heavy atom. The van der Waals surface area contributed by atoms with Crippen LogP contribution in [0.1, 0.15) is 36.5 Å². The van der Waals surface area contributed by atoms with Gasteiger partial charge < -0.3 is 10.1 Å². The summed E-state index contributed by atoms with van der Waals surface area (Å²) in [5.74, 6) is -0.615. The van der Waals surface area contributed by atoms with Gasteiger partial charge in [0, 0.05) is 25.1 Å². The number of piperidine rings is 1. The first-order valence-corrected chi connectivity index (χ1v) is 9.89. The van der Waals surface area contributed by atoms with Crippen LogP contribution in [0.5, 0.6) is 0 Å². The number of benzene rings is 1. The quantitative estimate of drug-likeness (QED) is 0.807. The molecular weight excluding hydrogens is 344 g/mol. The van der Waals surface area contributed by atoms with Crippen LogP contribution in [0.4, 0.5) is 0 Å². The molecule has 0 saturated carbocycles. The second kappa shape index (κ2) is 7.13. The number of cyclic esters (lactones) is 1. The molecule has 2 fully saturated rings. The minimum atomic E-state index is -3.63. The number of amides is 1. The largest absolute Gasteiger partial charge is 0.464 e. The van der Waals surface area contributed by atoms with Crippen LogP contribution in [0, 0.1) is 5.92 Å². The summed E-state index contributed by atoms with van der Waals surface area (Å²) in [6.07, 6.45) is 2.28. The molecule has 1 N–H and O–H groups in total. The second-order valence-electron chi connectivity index (χ2n) is 6.62. The molecule has 136 valence electrons. The van der Waals surface area contributed by atoms with E-state index in [0.717, 1.165) is 12.8 Å². The summed E-state index contributed by atoms with van der Waals surface area (Å²) in [5.41, 5.74) is 0.214. The average molecular weight is 366 g/mol. The Kier molecular flexibility index (Phi) is 5.10. The van der Waals surface area contributed by atoms with Gasteiger partial charge in [0.05, 0.1) is 11.5 Å². The van der Waals surface area contributed by atoms with Crippen LogP contribution in [0.2, 0.25) is 0 Å². The molecule has 2 atom stereocenters. The first-order valence-electron chi connectivity index (χ1n) is 8.45. The van der Waals surface area contributed by atoms with Gasteiger partial charge in [-0.05, 0) is 37.0 Å². The Morgan fingerprint density at radius 2 is 2.12 bits per heavy atom. The van der Waals surface area contributed by atoms with E-state index in [-0.39, 0.29) is 17.1 Å². The number of hydrogen-bond acceptors (Lipinski definition) is 5. The topological polar surface area (TPSA) is 92.8 Å². The molecule has 0 aromatic heterocycles. The standard InChI is InChI=1S/C17H22N2O5S/c1-12-4-3-8-19(11-12)25(22,23)14-6-2-5-13(10-14)16(20)18-15-7-9-24-17(15)21/h2,5-6,10,12,15H,3-4,7-9,11H2,1H3,(H,18,20)/t12-,15-/m0/s1. The lowest BCUT2D eigenvalue weighted by Gasteiger charge is -2.30. The number of carbonyl (C=O) groups is 2. The van der Waals surface area contributed by atoms with Crippen molar-refractivity contribution < 1.29 is 22.7 Å². The van der Waals surface area contributed by atoms with Gasteiger partial charge >= 0.3 is 5.97 Å². The third-order valence-corrected chi connectivity index (χ3v) is 6.46. The lowest BCUT2D eigenvalue weighted by atomic mass is 10.0. The molecule has 0 bridgehead atoms. The van der Waals surface area contributed by atoms with E-state index < -0.39 is 27.9 Å². The molecule has 0 aliphatic carbocycles. The zero-order valence-electron chi connectivity index (χ0n) is 14.1. The Morgan fingerprint density at radius 1 is 1.32 bits per heavy atom. The maximum absolute atomic E-state index is 12.8. The third-order valence-electron chi connectivity index (χ3n) is 4.59. The first-order chi connectivity index (χ1) is 11.9. The summed E-state index contributed by atoms with van der Waals surface area (Å²) in [6.45, 7) is 3.31. The number of ether oxygens (including phenoxy) is 1. The molecule has 2 heterocycles. The summed E-state index contributed by atoms with van der Waals surface area (Å²) in [7, 11) is -3.63. The Bertz CT molecular complexity index is 777. The molecule has 1 aromatic carbocycles. The molecule has 25 heavy (non-hydrogen) atoms. The van der Waals surface area contributed by atoms with Gasteiger partial charge in [-0.25, -0.2) is 13.2 Å². The molecule has 8 heteroatoms. The molecule has 1 aromatic rings. The van der Waals surface area contributed by atoms with Crippen molar-refractivity contribution in [3.8, 4) is 0 Å². The van der Waals surface area contributed by atoms with Gasteiger partial charge in [0.2, 0.25) is 10.0 Å². The van der Waals surface area contributed by atoms with Gasteiger partial charge in [0.15, 0.2) is 0 Å². The molecular formula is C17H22N2O5S. The van der Waals surface area contributed by atoms with E-state index in [4.69, 9.17) is 4.74 Å². The zero-order valence-corrected chi connectivity index (χ0v) is 14.9. The number of hydrogen-bond donors (Lipinski definition) is 1. The molecule has 2 aliphatic heterocycles. The van der Waals surface area contributed by atoms with Crippen LogP contribution < -0.4 is 5.32 Å². The molecule has 0 unspecified atom stereocenters. The predicted molar refractivity (Wildman–Crippen MR) is 90.4 cm³/mol. The molecule has 1 amide bonds. The van der Waals surface area contributed by atoms with Crippen LogP contribution in [0.3, 0.4) is 0 Å². The van der Waals surface area contributed by atoms with Crippen molar-refractivity contribution in [2.24, 2.45) is 5.92 Å². The fourth-order valence-corrected chi connectivity index (χ4v) is 4.82. The van der Waals surface area contributed by atoms with E-state index in [1.54, 1.807) is 6.07 Å². The highest BCUT2D eigenvalue weighted by Crippen LogP contribution is 2.24. The third kappa shape index (κ3) is 3.85. The van der Waals surface area contributed by atoms with E-state index in [1.807, 2.05) is 6.92 Å². The van der Waals surface area contributed by atoms with Crippen LogP contribution in [-0.2, 0) is 19.6 Å². The van der Waals surface area contributed by atoms with Crippen molar-refractivity contribution >= 4 is 21.9 Å². The lowest BCUT2D eigenvalue weighted by molar-refractivity contribution is -0.139. The zero-order chi connectivity index (χ0) is 18.0. The molecule has 0 radical (unpaired) electrons. The van der Waals surface area contributed by atoms with E-state index >= 15 is 0 Å². The second-order valence-corrected chi connectivity index (χ2v) is 8.56. The summed E-state index contributed by atoms with van der Waals surface area (Å²) in [6, 6.07) is 5.27. The first kappa shape index (κ1) is 17.9. The number of nitrogens with zero attached hydrogens (tertiary/aromatic N) is 1. The van der Waals surface area contributed by atoms with Crippen LogP contribution in [0.25, 0.3) is 0 Å². The number of sulfonamides is 1. The van der Waals surface area contributed by atoms with Crippen molar-refractivity contribution in [3.63, 3.8) is 0 Å². The highest BCUT2D eigenvalue weighted by Gasteiger charge is 2.30. The Hall–Kier alpha value is -1.93. The fraction of sp³-hybridized carbons (Fsp3) is 0.529. The molecule has 3 rings (SSSR count). The monoisotopic (exact) mass is 366 g/mol. The normalized spacial score (nSPS) is 24.8. The van der Waals surface area contributed by atoms with Crippen LogP contribution >= 0.6 is 0 Å². The molecule has 0 spiro atoms. The van der Waals surface area contributed by atoms with E-state index in [2.05, 4.69) is 5.32 Å². The fourth-order valence-electron chi connectivity index (χ4n) is 3.18. The lowest BCUT2D eigenvalue weighted by Crippen LogP contribution is -2.39. The highest BCUT2D eigenvalue weighted by molar-refractivity contribution is 7.89. The molecule has 7 nitrogen and oxygen atoms in total. The molecule has 2 aliphatic rings. The van der Waals surface area contributed by atoms with Crippen molar-refractivity contribution in [2.75, 3.05) is 19.7 Å². The minimum absolute atomic E-state index is 0.100. The SMILES string of the molecule is C[C@H]1CCCN(S(=O)(=O)c2cccc(C(=O)N[C@H]3CCOC3=O)c2)C1. The predicted octanol–water partition coefficient (Wildman–Crippen LogP) is 1.15. The van der Waals surface area contributed by atoms with Gasteiger partial charge in [-0.1, -0.05) is 13.0 Å².